The molecule has 4 heteroatoms. The van der Waals surface area contributed by atoms with Crippen LogP contribution in [0.1, 0.15) is 58.8 Å². The molecular weight excluding hydrogens is 284 g/mol. The van der Waals surface area contributed by atoms with Gasteiger partial charge in [-0.15, -0.1) is 12.4 Å². The zero-order valence-electron chi connectivity index (χ0n) is 13.6. The number of nitrogens with zero attached hydrogens (tertiary/aromatic N) is 1. The van der Waals surface area contributed by atoms with Crippen LogP contribution in [-0.4, -0.2) is 36.5 Å². The molecule has 122 valence electrons. The van der Waals surface area contributed by atoms with Gasteiger partial charge in [-0.1, -0.05) is 20.3 Å². The SMILES string of the molecule is CCCC1C(C)CCCN1C(=O)C1CC12CCNCC2.Cl. The van der Waals surface area contributed by atoms with Crippen molar-refractivity contribution in [1.82, 2.24) is 10.2 Å². The van der Waals surface area contributed by atoms with Crippen LogP contribution in [0.3, 0.4) is 0 Å². The second-order valence-electron chi connectivity index (χ2n) is 7.38. The minimum Gasteiger partial charge on any atom is -0.339 e. The van der Waals surface area contributed by atoms with Gasteiger partial charge in [-0.3, -0.25) is 4.79 Å². The molecule has 3 rings (SSSR count). The first-order valence-electron chi connectivity index (χ1n) is 8.69. The van der Waals surface area contributed by atoms with E-state index < -0.39 is 0 Å². The largest absolute Gasteiger partial charge is 0.339 e. The molecular formula is C17H31ClN2O. The molecule has 2 heterocycles. The lowest BCUT2D eigenvalue weighted by atomic mass is 9.86. The van der Waals surface area contributed by atoms with Crippen molar-refractivity contribution < 1.29 is 4.79 Å². The van der Waals surface area contributed by atoms with Gasteiger partial charge in [0.25, 0.3) is 0 Å². The molecule has 1 saturated carbocycles. The molecule has 0 aromatic rings. The molecule has 0 bridgehead atoms. The molecule has 0 radical (unpaired) electrons. The zero-order chi connectivity index (χ0) is 14.2. The molecule has 3 atom stereocenters. The number of carbonyl (C=O) groups excluding carboxylic acids is 1. The smallest absolute Gasteiger partial charge is 0.226 e. The lowest BCUT2D eigenvalue weighted by molar-refractivity contribution is -0.139. The Kier molecular flexibility index (Phi) is 5.59. The Bertz CT molecular complexity index is 368. The third-order valence-electron chi connectivity index (χ3n) is 6.07. The van der Waals surface area contributed by atoms with Crippen LogP contribution in [0.2, 0.25) is 0 Å². The maximum atomic E-state index is 13.0. The normalized spacial score (nSPS) is 34.4. The van der Waals surface area contributed by atoms with Gasteiger partial charge in [0.1, 0.15) is 0 Å². The summed E-state index contributed by atoms with van der Waals surface area (Å²) < 4.78 is 0. The number of rotatable bonds is 3. The molecule has 1 aliphatic carbocycles. The Morgan fingerprint density at radius 2 is 2.05 bits per heavy atom. The van der Waals surface area contributed by atoms with E-state index in [1.54, 1.807) is 0 Å². The third kappa shape index (κ3) is 3.24. The molecule has 0 aromatic carbocycles. The van der Waals surface area contributed by atoms with Gasteiger partial charge in [-0.2, -0.15) is 0 Å². The number of hydrogen-bond acceptors (Lipinski definition) is 2. The Labute approximate surface area is 135 Å². The summed E-state index contributed by atoms with van der Waals surface area (Å²) in [6.07, 6.45) is 8.48. The molecule has 2 aliphatic heterocycles. The monoisotopic (exact) mass is 314 g/mol. The first kappa shape index (κ1) is 17.1. The molecule has 3 aliphatic rings. The molecule has 3 nitrogen and oxygen atoms in total. The standard InChI is InChI=1S/C17H30N2O.ClH/c1-3-5-15-13(2)6-4-11-19(15)16(20)14-12-17(14)7-9-18-10-8-17;/h13-15,18H,3-12H2,1-2H3;1H. The van der Waals surface area contributed by atoms with Crippen molar-refractivity contribution in [2.45, 2.75) is 64.8 Å². The number of piperidine rings is 2. The van der Waals surface area contributed by atoms with E-state index in [2.05, 4.69) is 24.1 Å². The lowest BCUT2D eigenvalue weighted by Crippen LogP contribution is -2.49. The van der Waals surface area contributed by atoms with Crippen LogP contribution in [0.4, 0.5) is 0 Å². The number of halogens is 1. The minimum absolute atomic E-state index is 0. The van der Waals surface area contributed by atoms with E-state index >= 15 is 0 Å². The van der Waals surface area contributed by atoms with Crippen LogP contribution in [0.25, 0.3) is 0 Å². The maximum Gasteiger partial charge on any atom is 0.226 e. The average molecular weight is 315 g/mol. The summed E-state index contributed by atoms with van der Waals surface area (Å²) in [5.41, 5.74) is 0.389. The van der Waals surface area contributed by atoms with Gasteiger partial charge in [-0.05, 0) is 62.9 Å². The van der Waals surface area contributed by atoms with Crippen LogP contribution in [0, 0.1) is 17.3 Å². The molecule has 1 N–H and O–H groups in total. The fraction of sp³-hybridized carbons (Fsp3) is 0.941. The summed E-state index contributed by atoms with van der Waals surface area (Å²) >= 11 is 0. The zero-order valence-corrected chi connectivity index (χ0v) is 14.4. The number of likely N-dealkylation sites (tertiary alicyclic amines) is 1. The second kappa shape index (κ2) is 6.87. The van der Waals surface area contributed by atoms with Gasteiger partial charge in [0.15, 0.2) is 0 Å². The second-order valence-corrected chi connectivity index (χ2v) is 7.38. The Morgan fingerprint density at radius 3 is 2.71 bits per heavy atom. The predicted molar refractivity (Wildman–Crippen MR) is 88.7 cm³/mol. The van der Waals surface area contributed by atoms with Crippen molar-refractivity contribution in [3.63, 3.8) is 0 Å². The van der Waals surface area contributed by atoms with Crippen LogP contribution in [0.5, 0.6) is 0 Å². The molecule has 1 spiro atoms. The van der Waals surface area contributed by atoms with E-state index in [0.29, 0.717) is 29.2 Å². The van der Waals surface area contributed by atoms with Crippen LogP contribution in [0.15, 0.2) is 0 Å². The van der Waals surface area contributed by atoms with Crippen LogP contribution in [-0.2, 0) is 4.79 Å². The van der Waals surface area contributed by atoms with Crippen molar-refractivity contribution in [1.29, 1.82) is 0 Å². The lowest BCUT2D eigenvalue weighted by Gasteiger charge is -2.41. The molecule has 3 fully saturated rings. The average Bonchev–Trinajstić information content (AvgIpc) is 3.14. The Balaban J connectivity index is 0.00000161. The predicted octanol–water partition coefficient (Wildman–Crippen LogP) is 3.23. The summed E-state index contributed by atoms with van der Waals surface area (Å²) in [4.78, 5) is 15.2. The summed E-state index contributed by atoms with van der Waals surface area (Å²) in [6, 6.07) is 0.514. The number of amides is 1. The van der Waals surface area contributed by atoms with Crippen molar-refractivity contribution in [2.24, 2.45) is 17.3 Å². The summed E-state index contributed by atoms with van der Waals surface area (Å²) in [5, 5.41) is 3.43. The topological polar surface area (TPSA) is 32.3 Å². The van der Waals surface area contributed by atoms with Crippen LogP contribution < -0.4 is 5.32 Å². The highest BCUT2D eigenvalue weighted by Gasteiger charge is 2.59. The molecule has 0 aromatic heterocycles. The fourth-order valence-corrected chi connectivity index (χ4v) is 4.63. The first-order chi connectivity index (χ1) is 9.68. The van der Waals surface area contributed by atoms with E-state index in [-0.39, 0.29) is 12.4 Å². The Morgan fingerprint density at radius 1 is 1.33 bits per heavy atom. The third-order valence-corrected chi connectivity index (χ3v) is 6.07. The summed E-state index contributed by atoms with van der Waals surface area (Å²) in [6.45, 7) is 7.82. The first-order valence-corrected chi connectivity index (χ1v) is 8.69. The van der Waals surface area contributed by atoms with Crippen molar-refractivity contribution >= 4 is 18.3 Å². The number of nitrogens with one attached hydrogen (secondary N) is 1. The molecule has 2 saturated heterocycles. The summed E-state index contributed by atoms with van der Waals surface area (Å²) in [5.74, 6) is 1.54. The van der Waals surface area contributed by atoms with E-state index in [1.165, 1.54) is 38.5 Å². The highest BCUT2D eigenvalue weighted by atomic mass is 35.5. The van der Waals surface area contributed by atoms with Gasteiger partial charge in [-0.25, -0.2) is 0 Å². The van der Waals surface area contributed by atoms with Gasteiger partial charge >= 0.3 is 0 Å². The molecule has 21 heavy (non-hydrogen) atoms. The van der Waals surface area contributed by atoms with E-state index in [4.69, 9.17) is 0 Å². The number of hydrogen-bond donors (Lipinski definition) is 1. The molecule has 1 amide bonds. The van der Waals surface area contributed by atoms with E-state index in [1.807, 2.05) is 0 Å². The van der Waals surface area contributed by atoms with E-state index in [9.17, 15) is 4.79 Å². The molecule has 3 unspecified atom stereocenters. The minimum atomic E-state index is 0. The Hall–Kier alpha value is -0.280. The van der Waals surface area contributed by atoms with Gasteiger partial charge in [0.05, 0.1) is 0 Å². The van der Waals surface area contributed by atoms with Crippen LogP contribution >= 0.6 is 12.4 Å². The number of carbonyl (C=O) groups is 1. The summed E-state index contributed by atoms with van der Waals surface area (Å²) in [7, 11) is 0. The van der Waals surface area contributed by atoms with Gasteiger partial charge in [0, 0.05) is 18.5 Å². The van der Waals surface area contributed by atoms with Gasteiger partial charge in [0.2, 0.25) is 5.91 Å². The highest BCUT2D eigenvalue weighted by molar-refractivity contribution is 5.85. The van der Waals surface area contributed by atoms with Gasteiger partial charge < -0.3 is 10.2 Å². The van der Waals surface area contributed by atoms with Crippen molar-refractivity contribution in [3.8, 4) is 0 Å². The maximum absolute atomic E-state index is 13.0. The van der Waals surface area contributed by atoms with E-state index in [0.717, 1.165) is 26.1 Å². The van der Waals surface area contributed by atoms with Crippen molar-refractivity contribution in [3.05, 3.63) is 0 Å². The fourth-order valence-electron chi connectivity index (χ4n) is 4.63. The quantitative estimate of drug-likeness (QED) is 0.867. The highest BCUT2D eigenvalue weighted by Crippen LogP contribution is 2.59. The van der Waals surface area contributed by atoms with Crippen molar-refractivity contribution in [2.75, 3.05) is 19.6 Å².